The fourth-order valence-electron chi connectivity index (χ4n) is 4.08. The maximum Gasteiger partial charge on any atom is 0.105 e. The number of hydrogen-bond acceptors (Lipinski definition) is 0. The van der Waals surface area contributed by atoms with Crippen molar-refractivity contribution in [2.45, 2.75) is 33.4 Å². The van der Waals surface area contributed by atoms with Crippen LogP contribution in [0, 0.1) is 0 Å². The van der Waals surface area contributed by atoms with Crippen LogP contribution in [-0.2, 0) is 13.1 Å². The number of benzene rings is 2. The molecule has 0 bridgehead atoms. The number of nitrogens with zero attached hydrogens (tertiary/aromatic N) is 2. The average molecular weight is 472 g/mol. The minimum atomic E-state index is 0. The lowest BCUT2D eigenvalue weighted by Gasteiger charge is -2.42. The van der Waals surface area contributed by atoms with Crippen LogP contribution in [0.2, 0.25) is 0 Å². The first-order valence-electron chi connectivity index (χ1n) is 9.15. The number of hydrogen-bond donors (Lipinski definition) is 0. The van der Waals surface area contributed by atoms with Gasteiger partial charge >= 0.3 is 0 Å². The zero-order valence-corrected chi connectivity index (χ0v) is 19.2. The summed E-state index contributed by atoms with van der Waals surface area (Å²) in [5.41, 5.74) is 3.10. The summed E-state index contributed by atoms with van der Waals surface area (Å²) in [5.74, 6) is 0. The SMILES string of the molecule is CC[N+](C)(C)CCC[N+]1(CC)Cc2cccc3cccc(c23)C1.[Br-].[Br-]. The second-order valence-corrected chi connectivity index (χ2v) is 7.96. The van der Waals surface area contributed by atoms with Crippen molar-refractivity contribution < 1.29 is 42.9 Å². The van der Waals surface area contributed by atoms with Crippen molar-refractivity contribution in [1.82, 2.24) is 0 Å². The molecule has 0 amide bonds. The molecule has 0 spiro atoms. The first kappa shape index (κ1) is 22.6. The standard InChI is InChI=1S/C21H32N2.2BrH/c1-5-22(3,4)14-9-15-23(6-2)16-19-12-7-10-18-11-8-13-20(17-23)21(18)19;;/h7-8,10-13H,5-6,9,14-17H2,1-4H3;2*1H/q+2;;/p-2. The Hall–Kier alpha value is -0.420. The molecule has 2 aromatic carbocycles. The van der Waals surface area contributed by atoms with E-state index >= 15 is 0 Å². The van der Waals surface area contributed by atoms with Crippen molar-refractivity contribution in [3.05, 3.63) is 47.5 Å². The maximum absolute atomic E-state index is 2.37. The Labute approximate surface area is 174 Å². The molecule has 3 rings (SSSR count). The highest BCUT2D eigenvalue weighted by atomic mass is 79.9. The second kappa shape index (κ2) is 8.98. The van der Waals surface area contributed by atoms with Crippen molar-refractivity contribution in [2.24, 2.45) is 0 Å². The molecule has 1 aliphatic heterocycles. The molecule has 1 aliphatic rings. The van der Waals surface area contributed by atoms with E-state index in [0.29, 0.717) is 0 Å². The van der Waals surface area contributed by atoms with Gasteiger partial charge in [-0.05, 0) is 24.6 Å². The summed E-state index contributed by atoms with van der Waals surface area (Å²) in [5, 5.41) is 2.94. The van der Waals surface area contributed by atoms with Crippen LogP contribution in [0.15, 0.2) is 36.4 Å². The third-order valence-electron chi connectivity index (χ3n) is 6.01. The molecule has 0 aromatic heterocycles. The second-order valence-electron chi connectivity index (χ2n) is 7.96. The topological polar surface area (TPSA) is 0 Å². The van der Waals surface area contributed by atoms with Gasteiger partial charge in [-0.2, -0.15) is 0 Å². The normalized spacial score (nSPS) is 15.4. The van der Waals surface area contributed by atoms with Gasteiger partial charge in [-0.3, -0.25) is 0 Å². The highest BCUT2D eigenvalue weighted by molar-refractivity contribution is 5.89. The van der Waals surface area contributed by atoms with Crippen LogP contribution in [0.5, 0.6) is 0 Å². The van der Waals surface area contributed by atoms with Crippen LogP contribution in [0.25, 0.3) is 10.8 Å². The van der Waals surface area contributed by atoms with Gasteiger partial charge in [0.05, 0.1) is 40.3 Å². The third kappa shape index (κ3) is 4.85. The number of quaternary nitrogens is 2. The molecule has 4 heteroatoms. The van der Waals surface area contributed by atoms with Gasteiger partial charge in [0, 0.05) is 17.5 Å². The molecule has 0 aliphatic carbocycles. The van der Waals surface area contributed by atoms with Crippen LogP contribution < -0.4 is 34.0 Å². The molecule has 0 unspecified atom stereocenters. The molecule has 0 atom stereocenters. The molecule has 0 fully saturated rings. The van der Waals surface area contributed by atoms with Gasteiger partial charge in [0.15, 0.2) is 0 Å². The van der Waals surface area contributed by atoms with Gasteiger partial charge in [-0.1, -0.05) is 36.4 Å². The predicted octanol–water partition coefficient (Wildman–Crippen LogP) is -1.82. The van der Waals surface area contributed by atoms with Gasteiger partial charge in [-0.25, -0.2) is 0 Å². The van der Waals surface area contributed by atoms with Crippen molar-refractivity contribution in [2.75, 3.05) is 40.3 Å². The summed E-state index contributed by atoms with van der Waals surface area (Å²) in [6.07, 6.45) is 1.31. The fraction of sp³-hybridized carbons (Fsp3) is 0.524. The van der Waals surface area contributed by atoms with Gasteiger partial charge in [0.25, 0.3) is 0 Å². The van der Waals surface area contributed by atoms with Gasteiger partial charge in [-0.15, -0.1) is 0 Å². The molecule has 0 N–H and O–H groups in total. The van der Waals surface area contributed by atoms with Crippen LogP contribution in [-0.4, -0.2) is 49.2 Å². The molecule has 1 heterocycles. The van der Waals surface area contributed by atoms with E-state index in [-0.39, 0.29) is 34.0 Å². The van der Waals surface area contributed by atoms with Crippen LogP contribution in [0.4, 0.5) is 0 Å². The maximum atomic E-state index is 2.37. The molecule has 25 heavy (non-hydrogen) atoms. The molecule has 0 radical (unpaired) electrons. The lowest BCUT2D eigenvalue weighted by molar-refractivity contribution is -0.957. The Morgan fingerprint density at radius 2 is 1.48 bits per heavy atom. The fourth-order valence-corrected chi connectivity index (χ4v) is 4.08. The Balaban J connectivity index is 0.00000156. The molecule has 2 nitrogen and oxygen atoms in total. The Bertz CT molecular complexity index is 657. The zero-order valence-electron chi connectivity index (χ0n) is 16.1. The summed E-state index contributed by atoms with van der Waals surface area (Å²) < 4.78 is 2.36. The lowest BCUT2D eigenvalue weighted by atomic mass is 9.93. The molecule has 0 saturated carbocycles. The summed E-state index contributed by atoms with van der Waals surface area (Å²) >= 11 is 0. The minimum absolute atomic E-state index is 0. The van der Waals surface area contributed by atoms with Crippen molar-refractivity contribution >= 4 is 10.8 Å². The molecule has 0 saturated heterocycles. The zero-order chi connectivity index (χ0) is 16.5. The van der Waals surface area contributed by atoms with Crippen LogP contribution in [0.1, 0.15) is 31.4 Å². The number of halogens is 2. The Morgan fingerprint density at radius 1 is 0.920 bits per heavy atom. The van der Waals surface area contributed by atoms with E-state index in [2.05, 4.69) is 64.3 Å². The van der Waals surface area contributed by atoms with Crippen LogP contribution >= 0.6 is 0 Å². The Morgan fingerprint density at radius 3 is 1.96 bits per heavy atom. The summed E-state index contributed by atoms with van der Waals surface area (Å²) in [6.45, 7) is 12.1. The van der Waals surface area contributed by atoms with Gasteiger partial charge in [0.1, 0.15) is 13.1 Å². The first-order chi connectivity index (χ1) is 11.0. The van der Waals surface area contributed by atoms with E-state index in [1.165, 1.54) is 60.9 Å². The van der Waals surface area contributed by atoms with Crippen molar-refractivity contribution in [3.8, 4) is 0 Å². The summed E-state index contributed by atoms with van der Waals surface area (Å²) in [6, 6.07) is 13.7. The summed E-state index contributed by atoms with van der Waals surface area (Å²) in [4.78, 5) is 0. The predicted molar refractivity (Wildman–Crippen MR) is 99.2 cm³/mol. The third-order valence-corrected chi connectivity index (χ3v) is 6.01. The summed E-state index contributed by atoms with van der Waals surface area (Å²) in [7, 11) is 4.70. The molecule has 2 aromatic rings. The molecular weight excluding hydrogens is 440 g/mol. The van der Waals surface area contributed by atoms with E-state index in [4.69, 9.17) is 0 Å². The largest absolute Gasteiger partial charge is 1.00 e. The van der Waals surface area contributed by atoms with E-state index in [1.807, 2.05) is 0 Å². The average Bonchev–Trinajstić information content (AvgIpc) is 2.55. The first-order valence-corrected chi connectivity index (χ1v) is 9.15. The minimum Gasteiger partial charge on any atom is -1.00 e. The van der Waals surface area contributed by atoms with E-state index in [9.17, 15) is 0 Å². The van der Waals surface area contributed by atoms with Gasteiger partial charge < -0.3 is 42.9 Å². The lowest BCUT2D eigenvalue weighted by Crippen LogP contribution is -3.00. The molecule has 140 valence electrons. The highest BCUT2D eigenvalue weighted by Crippen LogP contribution is 2.34. The Kier molecular flexibility index (Phi) is 8.13. The van der Waals surface area contributed by atoms with Crippen LogP contribution in [0.3, 0.4) is 0 Å². The van der Waals surface area contributed by atoms with Gasteiger partial charge in [0.2, 0.25) is 0 Å². The molecular formula is C21H32Br2N2. The number of rotatable bonds is 6. The van der Waals surface area contributed by atoms with Crippen molar-refractivity contribution in [1.29, 1.82) is 0 Å². The monoisotopic (exact) mass is 470 g/mol. The quantitative estimate of drug-likeness (QED) is 0.435. The smallest absolute Gasteiger partial charge is 0.105 e. The van der Waals surface area contributed by atoms with E-state index < -0.39 is 0 Å². The highest BCUT2D eigenvalue weighted by Gasteiger charge is 2.32. The van der Waals surface area contributed by atoms with Crippen molar-refractivity contribution in [3.63, 3.8) is 0 Å². The van der Waals surface area contributed by atoms with E-state index in [0.717, 1.165) is 4.48 Å². The van der Waals surface area contributed by atoms with E-state index in [1.54, 1.807) is 11.1 Å².